The molecule has 7 rings (SSSR count). The number of hydrogen-bond donors (Lipinski definition) is 2. The third-order valence-electron chi connectivity index (χ3n) is 11.1. The standard InChI is InChI=1S/C34H41ClN2O5S/c1-21-22-4-2-6-32(21)43(40,41)36-33(39)24-9-14-31-29(17-24)37(18-25-7-11-27(25)30(38)13-8-22)19-34(20-42-31)15-3-5-23-16-26(35)10-12-28(23)34/h8-10,12-14,16-17,21-22,25,27,30,32,38H,2-7,11,15,18-20H2,1H3,(H,36,39)/b13-8-/t21-,22-,25-,27+,30-,32+,34-/m0/s1. The molecule has 7 atom stereocenters. The molecule has 2 aliphatic heterocycles. The van der Waals surface area contributed by atoms with Crippen LogP contribution in [0.1, 0.15) is 73.4 Å². The molecule has 3 aliphatic carbocycles. The van der Waals surface area contributed by atoms with Crippen LogP contribution in [0.2, 0.25) is 5.02 Å². The van der Waals surface area contributed by atoms with Crippen molar-refractivity contribution in [2.75, 3.05) is 24.6 Å². The summed E-state index contributed by atoms with van der Waals surface area (Å²) in [5.74, 6) is 0.396. The molecular weight excluding hydrogens is 584 g/mol. The lowest BCUT2D eigenvalue weighted by Gasteiger charge is -2.45. The third-order valence-corrected chi connectivity index (χ3v) is 13.3. The maximum atomic E-state index is 13.5. The molecule has 0 aromatic heterocycles. The number of benzene rings is 2. The van der Waals surface area contributed by atoms with E-state index in [0.717, 1.165) is 62.2 Å². The lowest BCUT2D eigenvalue weighted by Crippen LogP contribution is -2.49. The number of aliphatic hydroxyl groups excluding tert-OH is 1. The van der Waals surface area contributed by atoms with Crippen LogP contribution in [0.15, 0.2) is 48.6 Å². The number of nitrogens with one attached hydrogen (secondary N) is 1. The molecule has 0 radical (unpaired) electrons. The fourth-order valence-electron chi connectivity index (χ4n) is 8.54. The number of allylic oxidation sites excluding steroid dienone is 1. The molecule has 9 heteroatoms. The van der Waals surface area contributed by atoms with Crippen molar-refractivity contribution in [2.24, 2.45) is 23.7 Å². The smallest absolute Gasteiger partial charge is 0.264 e. The molecule has 2 fully saturated rings. The minimum absolute atomic E-state index is 0.0416. The zero-order valence-electron chi connectivity index (χ0n) is 24.7. The first kappa shape index (κ1) is 29.2. The summed E-state index contributed by atoms with van der Waals surface area (Å²) in [5, 5.41) is 11.4. The van der Waals surface area contributed by atoms with Gasteiger partial charge in [-0.3, -0.25) is 4.79 Å². The van der Waals surface area contributed by atoms with Crippen molar-refractivity contribution < 1.29 is 23.1 Å². The Balaban J connectivity index is 1.30. The first-order chi connectivity index (χ1) is 20.6. The summed E-state index contributed by atoms with van der Waals surface area (Å²) in [6, 6.07) is 11.5. The first-order valence-electron chi connectivity index (χ1n) is 15.9. The van der Waals surface area contributed by atoms with Crippen LogP contribution in [0.5, 0.6) is 5.75 Å². The molecule has 1 amide bonds. The SMILES string of the molecule is C[C@H]1[C@@H]2/C=C\[C@H](O)[C@@H]3CC[C@H]3CN3C[C@@]4(CCCc5cc(Cl)ccc54)COc4ccc(cc43)C(=O)NS(=O)(=O)[C@@H]1CCC2. The van der Waals surface area contributed by atoms with Crippen LogP contribution in [0.4, 0.5) is 5.69 Å². The molecule has 0 saturated heterocycles. The van der Waals surface area contributed by atoms with E-state index in [2.05, 4.69) is 21.8 Å². The third kappa shape index (κ3) is 5.27. The quantitative estimate of drug-likeness (QED) is 0.369. The van der Waals surface area contributed by atoms with Crippen LogP contribution in [0, 0.1) is 23.7 Å². The number of nitrogens with zero attached hydrogens (tertiary/aromatic N) is 1. The Kier molecular flexibility index (Phi) is 7.54. The van der Waals surface area contributed by atoms with Crippen LogP contribution in [-0.2, 0) is 21.9 Å². The second kappa shape index (κ2) is 11.1. The molecule has 230 valence electrons. The van der Waals surface area contributed by atoms with Gasteiger partial charge in [0.15, 0.2) is 0 Å². The Labute approximate surface area is 259 Å². The summed E-state index contributed by atoms with van der Waals surface area (Å²) in [7, 11) is -3.90. The molecule has 2 aromatic rings. The van der Waals surface area contributed by atoms with Crippen molar-refractivity contribution in [3.63, 3.8) is 0 Å². The van der Waals surface area contributed by atoms with Crippen LogP contribution < -0.4 is 14.4 Å². The van der Waals surface area contributed by atoms with Gasteiger partial charge >= 0.3 is 0 Å². The fourth-order valence-corrected chi connectivity index (χ4v) is 10.5. The topological polar surface area (TPSA) is 95.9 Å². The molecule has 2 saturated carbocycles. The Hall–Kier alpha value is -2.55. The number of sulfonamides is 1. The highest BCUT2D eigenvalue weighted by Crippen LogP contribution is 2.47. The molecule has 2 N–H and O–H groups in total. The van der Waals surface area contributed by atoms with Gasteiger partial charge in [0.1, 0.15) is 5.75 Å². The normalized spacial score (nSPS) is 35.8. The van der Waals surface area contributed by atoms with Gasteiger partial charge in [-0.15, -0.1) is 0 Å². The van der Waals surface area contributed by atoms with E-state index >= 15 is 0 Å². The molecule has 1 spiro atoms. The molecular formula is C34H41ClN2O5S. The predicted molar refractivity (Wildman–Crippen MR) is 168 cm³/mol. The first-order valence-corrected chi connectivity index (χ1v) is 17.8. The summed E-state index contributed by atoms with van der Waals surface area (Å²) in [6.07, 6.45) is 10.5. The lowest BCUT2D eigenvalue weighted by molar-refractivity contribution is 0.0452. The van der Waals surface area contributed by atoms with Gasteiger partial charge in [0.2, 0.25) is 10.0 Å². The highest BCUT2D eigenvalue weighted by molar-refractivity contribution is 7.90. The van der Waals surface area contributed by atoms with Crippen molar-refractivity contribution in [1.29, 1.82) is 0 Å². The number of amides is 1. The Morgan fingerprint density at radius 2 is 1.93 bits per heavy atom. The van der Waals surface area contributed by atoms with E-state index in [-0.39, 0.29) is 23.2 Å². The van der Waals surface area contributed by atoms with E-state index in [9.17, 15) is 18.3 Å². The zero-order valence-corrected chi connectivity index (χ0v) is 26.2. The highest BCUT2D eigenvalue weighted by Gasteiger charge is 2.45. The number of aliphatic hydroxyl groups is 1. The summed E-state index contributed by atoms with van der Waals surface area (Å²) in [4.78, 5) is 15.9. The van der Waals surface area contributed by atoms with E-state index in [1.807, 2.05) is 31.2 Å². The van der Waals surface area contributed by atoms with E-state index < -0.39 is 27.3 Å². The van der Waals surface area contributed by atoms with Gasteiger partial charge in [0, 0.05) is 29.1 Å². The van der Waals surface area contributed by atoms with Crippen LogP contribution in [0.3, 0.4) is 0 Å². The zero-order chi connectivity index (χ0) is 29.9. The maximum Gasteiger partial charge on any atom is 0.264 e. The second-order valence-electron chi connectivity index (χ2n) is 13.6. The Morgan fingerprint density at radius 1 is 1.07 bits per heavy atom. The summed E-state index contributed by atoms with van der Waals surface area (Å²) >= 11 is 6.40. The molecule has 7 nitrogen and oxygen atoms in total. The van der Waals surface area contributed by atoms with Gasteiger partial charge in [0.25, 0.3) is 5.91 Å². The monoisotopic (exact) mass is 624 g/mol. The Morgan fingerprint density at radius 3 is 2.74 bits per heavy atom. The van der Waals surface area contributed by atoms with Crippen LogP contribution in [0.25, 0.3) is 0 Å². The number of carbonyl (C=O) groups excluding carboxylic acids is 1. The van der Waals surface area contributed by atoms with Gasteiger partial charge in [0.05, 0.1) is 23.6 Å². The molecule has 0 unspecified atom stereocenters. The average molecular weight is 625 g/mol. The number of rotatable bonds is 0. The van der Waals surface area contributed by atoms with E-state index in [0.29, 0.717) is 36.8 Å². The minimum Gasteiger partial charge on any atom is -0.490 e. The van der Waals surface area contributed by atoms with Crippen LogP contribution >= 0.6 is 11.6 Å². The lowest BCUT2D eigenvalue weighted by atomic mass is 9.68. The van der Waals surface area contributed by atoms with Crippen molar-refractivity contribution in [2.45, 2.75) is 75.1 Å². The maximum absolute atomic E-state index is 13.5. The number of aryl methyl sites for hydroxylation is 1. The summed E-state index contributed by atoms with van der Waals surface area (Å²) < 4.78 is 36.0. The minimum atomic E-state index is -3.90. The molecule has 43 heavy (non-hydrogen) atoms. The molecule has 2 aromatic carbocycles. The van der Waals surface area contributed by atoms with Gasteiger partial charge in [-0.1, -0.05) is 43.2 Å². The van der Waals surface area contributed by atoms with Gasteiger partial charge in [-0.05, 0) is 110 Å². The molecule has 5 aliphatic rings. The number of hydrogen-bond acceptors (Lipinski definition) is 6. The number of fused-ring (bicyclic) bond motifs is 6. The average Bonchev–Trinajstić information content (AvgIpc) is 3.11. The second-order valence-corrected chi connectivity index (χ2v) is 16.0. The largest absolute Gasteiger partial charge is 0.490 e. The van der Waals surface area contributed by atoms with Crippen molar-refractivity contribution in [1.82, 2.24) is 4.72 Å². The van der Waals surface area contributed by atoms with E-state index in [1.54, 1.807) is 12.1 Å². The van der Waals surface area contributed by atoms with Crippen molar-refractivity contribution in [3.05, 3.63) is 70.3 Å². The molecule has 2 heterocycles. The highest BCUT2D eigenvalue weighted by atomic mass is 35.5. The van der Waals surface area contributed by atoms with Crippen LogP contribution in [-0.4, -0.2) is 50.5 Å². The van der Waals surface area contributed by atoms with Crippen molar-refractivity contribution >= 4 is 33.2 Å². The van der Waals surface area contributed by atoms with Crippen molar-refractivity contribution in [3.8, 4) is 5.75 Å². The Bertz CT molecular complexity index is 1560. The summed E-state index contributed by atoms with van der Waals surface area (Å²) in [5.41, 5.74) is 3.38. The van der Waals surface area contributed by atoms with Gasteiger partial charge in [-0.2, -0.15) is 0 Å². The number of anilines is 1. The fraction of sp³-hybridized carbons (Fsp3) is 0.559. The number of carbonyl (C=O) groups is 1. The summed E-state index contributed by atoms with van der Waals surface area (Å²) in [6.45, 7) is 3.89. The van der Waals surface area contributed by atoms with Gasteiger partial charge in [-0.25, -0.2) is 13.1 Å². The number of ether oxygens (including phenoxy) is 1. The van der Waals surface area contributed by atoms with Gasteiger partial charge < -0.3 is 14.7 Å². The number of halogens is 1. The molecule has 4 bridgehead atoms. The van der Waals surface area contributed by atoms with E-state index in [1.165, 1.54) is 11.1 Å². The van der Waals surface area contributed by atoms with E-state index in [4.69, 9.17) is 16.3 Å². The predicted octanol–water partition coefficient (Wildman–Crippen LogP) is 5.63.